The minimum Gasteiger partial charge on any atom is -0.342 e. The van der Waals surface area contributed by atoms with Crippen LogP contribution < -0.4 is 5.32 Å². The number of sulfonamides is 1. The molecule has 2 heterocycles. The highest BCUT2D eigenvalue weighted by Gasteiger charge is 2.26. The molecule has 2 rings (SSSR count). The van der Waals surface area contributed by atoms with E-state index in [9.17, 15) is 18.0 Å². The highest BCUT2D eigenvalue weighted by Crippen LogP contribution is 2.06. The molecule has 128 valence electrons. The van der Waals surface area contributed by atoms with Crippen LogP contribution in [0.1, 0.15) is 16.2 Å². The number of aromatic nitrogens is 2. The lowest BCUT2D eigenvalue weighted by Gasteiger charge is -2.33. The normalized spacial score (nSPS) is 16.4. The molecule has 1 aromatic heterocycles. The minimum absolute atomic E-state index is 0.123. The first kappa shape index (κ1) is 17.4. The molecule has 23 heavy (non-hydrogen) atoms. The van der Waals surface area contributed by atoms with Gasteiger partial charge in [0.2, 0.25) is 15.9 Å². The van der Waals surface area contributed by atoms with Crippen molar-refractivity contribution in [1.82, 2.24) is 24.3 Å². The van der Waals surface area contributed by atoms with E-state index in [0.717, 1.165) is 11.9 Å². The molecule has 1 aliphatic heterocycles. The van der Waals surface area contributed by atoms with E-state index in [1.165, 1.54) is 8.99 Å². The van der Waals surface area contributed by atoms with Crippen LogP contribution in [-0.2, 0) is 21.9 Å². The van der Waals surface area contributed by atoms with Crippen molar-refractivity contribution in [3.8, 4) is 0 Å². The van der Waals surface area contributed by atoms with Crippen LogP contribution in [0.2, 0.25) is 0 Å². The van der Waals surface area contributed by atoms with Gasteiger partial charge < -0.3 is 10.2 Å². The van der Waals surface area contributed by atoms with E-state index < -0.39 is 10.0 Å². The maximum atomic E-state index is 12.1. The molecule has 0 aliphatic carbocycles. The lowest BCUT2D eigenvalue weighted by Crippen LogP contribution is -2.52. The Kier molecular flexibility index (Phi) is 5.05. The van der Waals surface area contributed by atoms with E-state index in [1.54, 1.807) is 24.9 Å². The molecule has 0 unspecified atom stereocenters. The molecule has 1 N–H and O–H groups in total. The number of carbonyl (C=O) groups excluding carboxylic acids is 2. The summed E-state index contributed by atoms with van der Waals surface area (Å²) >= 11 is 0. The topological polar surface area (TPSA) is 105 Å². The zero-order valence-corrected chi connectivity index (χ0v) is 14.3. The zero-order chi connectivity index (χ0) is 17.2. The van der Waals surface area contributed by atoms with Gasteiger partial charge in [0.15, 0.2) is 0 Å². The van der Waals surface area contributed by atoms with Gasteiger partial charge >= 0.3 is 0 Å². The van der Waals surface area contributed by atoms with E-state index in [2.05, 4.69) is 10.4 Å². The number of hydrogen-bond acceptors (Lipinski definition) is 5. The average Bonchev–Trinajstić information content (AvgIpc) is 2.82. The Balaban J connectivity index is 1.84. The van der Waals surface area contributed by atoms with Crippen molar-refractivity contribution in [2.45, 2.75) is 6.92 Å². The standard InChI is InChI=1S/C13H21N5O4S/c1-10-8-11(16(2)15-10)13(20)14-9-12(19)17-4-6-18(7-5-17)23(3,21)22/h8H,4-7,9H2,1-3H3,(H,14,20). The van der Waals surface area contributed by atoms with Gasteiger partial charge in [-0.15, -0.1) is 0 Å². The molecule has 0 aromatic carbocycles. The van der Waals surface area contributed by atoms with Gasteiger partial charge in [0, 0.05) is 33.2 Å². The van der Waals surface area contributed by atoms with Crippen molar-refractivity contribution in [3.05, 3.63) is 17.5 Å². The fourth-order valence-electron chi connectivity index (χ4n) is 2.45. The molecule has 2 amide bonds. The lowest BCUT2D eigenvalue weighted by atomic mass is 10.3. The highest BCUT2D eigenvalue weighted by molar-refractivity contribution is 7.88. The fraction of sp³-hybridized carbons (Fsp3) is 0.615. The van der Waals surface area contributed by atoms with Crippen molar-refractivity contribution >= 4 is 21.8 Å². The first-order valence-corrected chi connectivity index (χ1v) is 9.05. The minimum atomic E-state index is -3.22. The average molecular weight is 343 g/mol. The predicted octanol–water partition coefficient (Wildman–Crippen LogP) is -1.44. The first-order valence-electron chi connectivity index (χ1n) is 7.20. The Bertz CT molecular complexity index is 704. The Morgan fingerprint density at radius 3 is 2.35 bits per heavy atom. The molecule has 0 atom stereocenters. The van der Waals surface area contributed by atoms with Crippen LogP contribution in [0.4, 0.5) is 0 Å². The SMILES string of the molecule is Cc1cc(C(=O)NCC(=O)N2CCN(S(C)(=O)=O)CC2)n(C)n1. The number of hydrogen-bond donors (Lipinski definition) is 1. The maximum Gasteiger partial charge on any atom is 0.269 e. The van der Waals surface area contributed by atoms with E-state index in [4.69, 9.17) is 0 Å². The second-order valence-electron chi connectivity index (χ2n) is 5.52. The van der Waals surface area contributed by atoms with Gasteiger partial charge in [-0.3, -0.25) is 14.3 Å². The molecule has 1 aromatic rings. The number of nitrogens with one attached hydrogen (secondary N) is 1. The van der Waals surface area contributed by atoms with E-state index in [0.29, 0.717) is 18.8 Å². The van der Waals surface area contributed by atoms with Crippen LogP contribution in [0.25, 0.3) is 0 Å². The second-order valence-corrected chi connectivity index (χ2v) is 7.50. The first-order chi connectivity index (χ1) is 10.7. The summed E-state index contributed by atoms with van der Waals surface area (Å²) in [5.74, 6) is -0.596. The molecule has 0 bridgehead atoms. The van der Waals surface area contributed by atoms with E-state index in [1.807, 2.05) is 0 Å². The summed E-state index contributed by atoms with van der Waals surface area (Å²) in [5.41, 5.74) is 1.11. The van der Waals surface area contributed by atoms with Crippen LogP contribution in [0, 0.1) is 6.92 Å². The molecule has 10 heteroatoms. The van der Waals surface area contributed by atoms with Gasteiger partial charge in [0.05, 0.1) is 18.5 Å². The van der Waals surface area contributed by atoms with Gasteiger partial charge in [-0.2, -0.15) is 9.40 Å². The fourth-order valence-corrected chi connectivity index (χ4v) is 3.28. The lowest BCUT2D eigenvalue weighted by molar-refractivity contribution is -0.131. The second kappa shape index (κ2) is 6.67. The quantitative estimate of drug-likeness (QED) is 0.721. The summed E-state index contributed by atoms with van der Waals surface area (Å²) in [6, 6.07) is 1.64. The number of carbonyl (C=O) groups is 2. The molecule has 0 saturated carbocycles. The molecule has 1 fully saturated rings. The van der Waals surface area contributed by atoms with Crippen molar-refractivity contribution in [2.24, 2.45) is 7.05 Å². The van der Waals surface area contributed by atoms with Gasteiger partial charge in [-0.1, -0.05) is 0 Å². The molecule has 1 aliphatic rings. The van der Waals surface area contributed by atoms with Crippen molar-refractivity contribution in [1.29, 1.82) is 0 Å². The number of nitrogens with zero attached hydrogens (tertiary/aromatic N) is 4. The molecular formula is C13H21N5O4S. The van der Waals surface area contributed by atoms with Crippen molar-refractivity contribution < 1.29 is 18.0 Å². The number of amides is 2. The largest absolute Gasteiger partial charge is 0.342 e. The third kappa shape index (κ3) is 4.29. The van der Waals surface area contributed by atoms with Crippen LogP contribution in [-0.4, -0.2) is 78.2 Å². The zero-order valence-electron chi connectivity index (χ0n) is 13.4. The van der Waals surface area contributed by atoms with Crippen molar-refractivity contribution in [3.63, 3.8) is 0 Å². The molecule has 9 nitrogen and oxygen atoms in total. The maximum absolute atomic E-state index is 12.1. The summed E-state index contributed by atoms with van der Waals surface area (Å²) in [4.78, 5) is 25.7. The number of piperazine rings is 1. The molecule has 1 saturated heterocycles. The van der Waals surface area contributed by atoms with Gasteiger partial charge in [-0.25, -0.2) is 8.42 Å². The predicted molar refractivity (Wildman–Crippen MR) is 83.3 cm³/mol. The Morgan fingerprint density at radius 1 is 1.26 bits per heavy atom. The van der Waals surface area contributed by atoms with E-state index in [-0.39, 0.29) is 31.4 Å². The van der Waals surface area contributed by atoms with Gasteiger partial charge in [0.25, 0.3) is 5.91 Å². The summed E-state index contributed by atoms with van der Waals surface area (Å²) in [5, 5.41) is 6.65. The van der Waals surface area contributed by atoms with Gasteiger partial charge in [0.1, 0.15) is 5.69 Å². The summed E-state index contributed by atoms with van der Waals surface area (Å²) < 4.78 is 25.7. The number of rotatable bonds is 4. The monoisotopic (exact) mass is 343 g/mol. The molecular weight excluding hydrogens is 322 g/mol. The van der Waals surface area contributed by atoms with Crippen LogP contribution >= 0.6 is 0 Å². The van der Waals surface area contributed by atoms with Crippen LogP contribution in [0.5, 0.6) is 0 Å². The Hall–Kier alpha value is -1.94. The summed E-state index contributed by atoms with van der Waals surface area (Å²) in [6.45, 7) is 2.86. The summed E-state index contributed by atoms with van der Waals surface area (Å²) in [7, 11) is -1.56. The third-order valence-electron chi connectivity index (χ3n) is 3.70. The van der Waals surface area contributed by atoms with Crippen LogP contribution in [0.15, 0.2) is 6.07 Å². The highest BCUT2D eigenvalue weighted by atomic mass is 32.2. The number of aryl methyl sites for hydroxylation is 2. The smallest absolute Gasteiger partial charge is 0.269 e. The Labute approximate surface area is 135 Å². The van der Waals surface area contributed by atoms with Gasteiger partial charge in [-0.05, 0) is 13.0 Å². The Morgan fingerprint density at radius 2 is 1.87 bits per heavy atom. The summed E-state index contributed by atoms with van der Waals surface area (Å²) in [6.07, 6.45) is 1.15. The van der Waals surface area contributed by atoms with E-state index >= 15 is 0 Å². The molecule has 0 spiro atoms. The molecule has 0 radical (unpaired) electrons. The third-order valence-corrected chi connectivity index (χ3v) is 5.00. The van der Waals surface area contributed by atoms with Crippen LogP contribution in [0.3, 0.4) is 0 Å². The van der Waals surface area contributed by atoms with Crippen molar-refractivity contribution in [2.75, 3.05) is 39.0 Å².